The number of hydrogen-bond donors (Lipinski definition) is 0. The molecule has 1 aliphatic rings. The molecule has 0 saturated carbocycles. The molecule has 1 fully saturated rings. The average molecular weight is 488 g/mol. The first kappa shape index (κ1) is 23.0. The molecule has 0 unspecified atom stereocenters. The molecule has 2 heterocycles. The van der Waals surface area contributed by atoms with Gasteiger partial charge in [0.1, 0.15) is 0 Å². The Morgan fingerprint density at radius 3 is 2.03 bits per heavy atom. The Labute approximate surface area is 206 Å². The van der Waals surface area contributed by atoms with Crippen LogP contribution in [0.1, 0.15) is 5.56 Å². The Morgan fingerprint density at radius 1 is 0.800 bits per heavy atom. The molecular weight excluding hydrogens is 458 g/mol. The van der Waals surface area contributed by atoms with Gasteiger partial charge in [0, 0.05) is 50.8 Å². The van der Waals surface area contributed by atoms with Crippen molar-refractivity contribution in [3.63, 3.8) is 0 Å². The van der Waals surface area contributed by atoms with Crippen LogP contribution in [0, 0.1) is 0 Å². The van der Waals surface area contributed by atoms with E-state index in [-0.39, 0.29) is 11.6 Å². The summed E-state index contributed by atoms with van der Waals surface area (Å²) in [6.07, 6.45) is 3.05. The SMILES string of the molecule is Cn1cnc(S(=O)(=O)N(Cc2ccccc2)c2cccc(N3CCN(c4ccccc4)CC3)c2)c1. The molecule has 0 radical (unpaired) electrons. The van der Waals surface area contributed by atoms with E-state index in [1.165, 1.54) is 16.3 Å². The maximum absolute atomic E-state index is 13.7. The summed E-state index contributed by atoms with van der Waals surface area (Å²) in [4.78, 5) is 8.84. The summed E-state index contributed by atoms with van der Waals surface area (Å²) in [6, 6.07) is 27.9. The predicted octanol–water partition coefficient (Wildman–Crippen LogP) is 4.14. The quantitative estimate of drug-likeness (QED) is 0.392. The van der Waals surface area contributed by atoms with E-state index in [9.17, 15) is 8.42 Å². The zero-order chi connectivity index (χ0) is 24.3. The summed E-state index contributed by atoms with van der Waals surface area (Å²) >= 11 is 0. The fourth-order valence-corrected chi connectivity index (χ4v) is 5.82. The van der Waals surface area contributed by atoms with Gasteiger partial charge in [-0.15, -0.1) is 0 Å². The lowest BCUT2D eigenvalue weighted by Crippen LogP contribution is -2.46. The zero-order valence-electron chi connectivity index (χ0n) is 19.7. The monoisotopic (exact) mass is 487 g/mol. The Hall–Kier alpha value is -3.78. The summed E-state index contributed by atoms with van der Waals surface area (Å²) in [5.74, 6) is 0. The molecule has 1 saturated heterocycles. The van der Waals surface area contributed by atoms with Crippen LogP contribution in [-0.4, -0.2) is 44.1 Å². The molecule has 35 heavy (non-hydrogen) atoms. The second-order valence-electron chi connectivity index (χ2n) is 8.70. The summed E-state index contributed by atoms with van der Waals surface area (Å²) in [7, 11) is -2.08. The molecule has 0 aliphatic carbocycles. The van der Waals surface area contributed by atoms with Gasteiger partial charge in [0.05, 0.1) is 18.6 Å². The summed E-state index contributed by atoms with van der Waals surface area (Å²) < 4.78 is 30.4. The van der Waals surface area contributed by atoms with Gasteiger partial charge in [-0.3, -0.25) is 4.31 Å². The fraction of sp³-hybridized carbons (Fsp3) is 0.222. The standard InChI is InChI=1S/C27H29N5O2S/c1-29-21-27(28-22-29)35(33,34)32(20-23-9-4-2-5-10-23)26-14-8-13-25(19-26)31-17-15-30(16-18-31)24-11-6-3-7-12-24/h2-14,19,21-22H,15-18,20H2,1H3. The molecule has 180 valence electrons. The van der Waals surface area contributed by atoms with Gasteiger partial charge in [0.2, 0.25) is 0 Å². The van der Waals surface area contributed by atoms with Gasteiger partial charge in [-0.2, -0.15) is 8.42 Å². The highest BCUT2D eigenvalue weighted by Gasteiger charge is 2.28. The van der Waals surface area contributed by atoms with Gasteiger partial charge in [-0.05, 0) is 35.9 Å². The Morgan fingerprint density at radius 2 is 1.40 bits per heavy atom. The predicted molar refractivity (Wildman–Crippen MR) is 140 cm³/mol. The summed E-state index contributed by atoms with van der Waals surface area (Å²) in [5, 5.41) is 0.0396. The van der Waals surface area contributed by atoms with Crippen molar-refractivity contribution in [2.45, 2.75) is 11.6 Å². The molecular formula is C27H29N5O2S. The molecule has 0 N–H and O–H groups in total. The van der Waals surface area contributed by atoms with Crippen LogP contribution in [0.2, 0.25) is 0 Å². The smallest absolute Gasteiger partial charge is 0.283 e. The van der Waals surface area contributed by atoms with Crippen molar-refractivity contribution in [2.24, 2.45) is 7.05 Å². The number of aromatic nitrogens is 2. The average Bonchev–Trinajstić information content (AvgIpc) is 3.36. The van der Waals surface area contributed by atoms with E-state index >= 15 is 0 Å². The number of aryl methyl sites for hydroxylation is 1. The van der Waals surface area contributed by atoms with Crippen LogP contribution >= 0.6 is 0 Å². The maximum atomic E-state index is 13.7. The van der Waals surface area contributed by atoms with E-state index < -0.39 is 10.0 Å². The molecule has 1 aromatic heterocycles. The normalized spacial score (nSPS) is 14.2. The van der Waals surface area contributed by atoms with Gasteiger partial charge in [0.15, 0.2) is 5.03 Å². The first-order chi connectivity index (χ1) is 17.0. The lowest BCUT2D eigenvalue weighted by atomic mass is 10.2. The van der Waals surface area contributed by atoms with Crippen molar-refractivity contribution in [3.05, 3.63) is 103 Å². The Bertz CT molecular complexity index is 1360. The number of hydrogen-bond acceptors (Lipinski definition) is 5. The van der Waals surface area contributed by atoms with Gasteiger partial charge >= 0.3 is 0 Å². The van der Waals surface area contributed by atoms with E-state index in [1.54, 1.807) is 17.8 Å². The molecule has 1 aliphatic heterocycles. The van der Waals surface area contributed by atoms with Crippen molar-refractivity contribution < 1.29 is 8.42 Å². The first-order valence-corrected chi connectivity index (χ1v) is 13.1. The van der Waals surface area contributed by atoms with Crippen LogP contribution in [0.25, 0.3) is 0 Å². The van der Waals surface area contributed by atoms with Crippen molar-refractivity contribution in [2.75, 3.05) is 40.3 Å². The van der Waals surface area contributed by atoms with Crippen LogP contribution in [-0.2, 0) is 23.6 Å². The number of sulfonamides is 1. The summed E-state index contributed by atoms with van der Waals surface area (Å²) in [5.41, 5.74) is 3.79. The van der Waals surface area contributed by atoms with Crippen LogP contribution in [0.5, 0.6) is 0 Å². The highest BCUT2D eigenvalue weighted by atomic mass is 32.2. The first-order valence-electron chi connectivity index (χ1n) is 11.7. The molecule has 3 aromatic carbocycles. The number of benzene rings is 3. The Kier molecular flexibility index (Phi) is 6.46. The van der Waals surface area contributed by atoms with Gasteiger partial charge in [0.25, 0.3) is 10.0 Å². The third kappa shape index (κ3) is 5.02. The number of anilines is 3. The maximum Gasteiger partial charge on any atom is 0.283 e. The second-order valence-corrected chi connectivity index (χ2v) is 10.5. The van der Waals surface area contributed by atoms with Gasteiger partial charge < -0.3 is 14.4 Å². The lowest BCUT2D eigenvalue weighted by Gasteiger charge is -2.37. The highest BCUT2D eigenvalue weighted by Crippen LogP contribution is 2.30. The van der Waals surface area contributed by atoms with Gasteiger partial charge in [-0.25, -0.2) is 4.98 Å². The minimum atomic E-state index is -3.85. The van der Waals surface area contributed by atoms with Crippen LogP contribution < -0.4 is 14.1 Å². The third-order valence-electron chi connectivity index (χ3n) is 6.29. The van der Waals surface area contributed by atoms with E-state index in [4.69, 9.17) is 0 Å². The van der Waals surface area contributed by atoms with E-state index in [2.05, 4.69) is 45.1 Å². The molecule has 8 heteroatoms. The number of nitrogens with zero attached hydrogens (tertiary/aromatic N) is 5. The molecule has 7 nitrogen and oxygen atoms in total. The van der Waals surface area contributed by atoms with E-state index in [0.29, 0.717) is 5.69 Å². The number of para-hydroxylation sites is 1. The molecule has 0 bridgehead atoms. The van der Waals surface area contributed by atoms with Crippen molar-refractivity contribution >= 4 is 27.1 Å². The minimum absolute atomic E-state index is 0.0396. The van der Waals surface area contributed by atoms with Gasteiger partial charge in [-0.1, -0.05) is 54.6 Å². The number of imidazole rings is 1. The molecule has 0 amide bonds. The Balaban J connectivity index is 1.42. The van der Waals surface area contributed by atoms with E-state index in [0.717, 1.165) is 37.4 Å². The fourth-order valence-electron chi connectivity index (χ4n) is 4.41. The second kappa shape index (κ2) is 9.84. The third-order valence-corrected chi connectivity index (χ3v) is 7.95. The molecule has 0 spiro atoms. The van der Waals surface area contributed by atoms with Crippen molar-refractivity contribution in [1.29, 1.82) is 0 Å². The van der Waals surface area contributed by atoms with Crippen LogP contribution in [0.3, 0.4) is 0 Å². The highest BCUT2D eigenvalue weighted by molar-refractivity contribution is 7.92. The molecule has 0 atom stereocenters. The minimum Gasteiger partial charge on any atom is -0.368 e. The zero-order valence-corrected chi connectivity index (χ0v) is 20.6. The summed E-state index contributed by atoms with van der Waals surface area (Å²) in [6.45, 7) is 3.78. The van der Waals surface area contributed by atoms with Crippen LogP contribution in [0.4, 0.5) is 17.1 Å². The van der Waals surface area contributed by atoms with E-state index in [1.807, 2.05) is 54.6 Å². The molecule has 4 aromatic rings. The largest absolute Gasteiger partial charge is 0.368 e. The molecule has 5 rings (SSSR count). The van der Waals surface area contributed by atoms with Crippen LogP contribution in [0.15, 0.2) is 102 Å². The number of piperazine rings is 1. The topological polar surface area (TPSA) is 61.7 Å². The lowest BCUT2D eigenvalue weighted by molar-refractivity contribution is 0.587. The van der Waals surface area contributed by atoms with Crippen molar-refractivity contribution in [1.82, 2.24) is 9.55 Å². The number of rotatable bonds is 7. The van der Waals surface area contributed by atoms with Crippen molar-refractivity contribution in [3.8, 4) is 0 Å².